The highest BCUT2D eigenvalue weighted by molar-refractivity contribution is 4.89. The van der Waals surface area contributed by atoms with Gasteiger partial charge >= 0.3 is 0 Å². The van der Waals surface area contributed by atoms with Gasteiger partial charge in [-0.3, -0.25) is 4.90 Å². The summed E-state index contributed by atoms with van der Waals surface area (Å²) in [5, 5.41) is 0. The number of piperidine rings is 1. The Balaban J connectivity index is 2.02. The van der Waals surface area contributed by atoms with E-state index in [9.17, 15) is 0 Å². The standard InChI is InChI=1S/C14H28N2/c1-11-8-9-12(2)16(10-11)14-7-5-3-4-6-13(14)15/h11-14H,3-10,15H2,1-2H3. The third-order valence-electron chi connectivity index (χ3n) is 4.62. The van der Waals surface area contributed by atoms with Crippen LogP contribution in [0.25, 0.3) is 0 Å². The predicted molar refractivity (Wildman–Crippen MR) is 69.4 cm³/mol. The van der Waals surface area contributed by atoms with Crippen molar-refractivity contribution in [1.82, 2.24) is 4.90 Å². The van der Waals surface area contributed by atoms with Gasteiger partial charge in [0.25, 0.3) is 0 Å². The topological polar surface area (TPSA) is 29.3 Å². The fourth-order valence-electron chi connectivity index (χ4n) is 3.51. The number of nitrogens with zero attached hydrogens (tertiary/aromatic N) is 1. The van der Waals surface area contributed by atoms with Crippen molar-refractivity contribution in [3.63, 3.8) is 0 Å². The van der Waals surface area contributed by atoms with Crippen LogP contribution in [0.15, 0.2) is 0 Å². The molecule has 1 heterocycles. The summed E-state index contributed by atoms with van der Waals surface area (Å²) in [6, 6.07) is 1.85. The minimum Gasteiger partial charge on any atom is -0.326 e. The van der Waals surface area contributed by atoms with Gasteiger partial charge in [-0.15, -0.1) is 0 Å². The van der Waals surface area contributed by atoms with Gasteiger partial charge in [0.1, 0.15) is 0 Å². The first-order valence-electron chi connectivity index (χ1n) is 7.20. The van der Waals surface area contributed by atoms with Crippen LogP contribution < -0.4 is 5.73 Å². The summed E-state index contributed by atoms with van der Waals surface area (Å²) in [6.45, 7) is 6.06. The molecule has 0 aromatic rings. The fourth-order valence-corrected chi connectivity index (χ4v) is 3.51. The van der Waals surface area contributed by atoms with Crippen molar-refractivity contribution in [1.29, 1.82) is 0 Å². The van der Waals surface area contributed by atoms with Crippen LogP contribution in [-0.4, -0.2) is 29.6 Å². The van der Waals surface area contributed by atoms with Gasteiger partial charge < -0.3 is 5.73 Å². The lowest BCUT2D eigenvalue weighted by atomic mass is 9.90. The van der Waals surface area contributed by atoms with Crippen molar-refractivity contribution in [3.8, 4) is 0 Å². The van der Waals surface area contributed by atoms with E-state index in [0.717, 1.165) is 12.0 Å². The van der Waals surface area contributed by atoms with Gasteiger partial charge in [0, 0.05) is 24.7 Å². The van der Waals surface area contributed by atoms with Crippen molar-refractivity contribution in [2.24, 2.45) is 11.7 Å². The molecule has 2 heteroatoms. The molecule has 0 amide bonds. The maximum atomic E-state index is 6.38. The van der Waals surface area contributed by atoms with E-state index in [1.807, 2.05) is 0 Å². The van der Waals surface area contributed by atoms with Crippen LogP contribution in [0.2, 0.25) is 0 Å². The van der Waals surface area contributed by atoms with Crippen molar-refractivity contribution < 1.29 is 0 Å². The summed E-state index contributed by atoms with van der Waals surface area (Å²) >= 11 is 0. The second-order valence-electron chi connectivity index (χ2n) is 6.10. The van der Waals surface area contributed by atoms with E-state index in [2.05, 4.69) is 18.7 Å². The van der Waals surface area contributed by atoms with Crippen LogP contribution in [0.3, 0.4) is 0 Å². The minimum absolute atomic E-state index is 0.426. The molecule has 0 radical (unpaired) electrons. The van der Waals surface area contributed by atoms with E-state index in [-0.39, 0.29) is 0 Å². The summed E-state index contributed by atoms with van der Waals surface area (Å²) in [5.74, 6) is 0.867. The highest BCUT2D eigenvalue weighted by Gasteiger charge is 2.32. The Morgan fingerprint density at radius 3 is 2.50 bits per heavy atom. The van der Waals surface area contributed by atoms with Crippen LogP contribution in [0.1, 0.15) is 58.8 Å². The molecule has 4 unspecified atom stereocenters. The summed E-state index contributed by atoms with van der Waals surface area (Å²) in [5.41, 5.74) is 6.38. The average Bonchev–Trinajstić information content (AvgIpc) is 2.47. The molecule has 0 spiro atoms. The third kappa shape index (κ3) is 2.78. The minimum atomic E-state index is 0.426. The Morgan fingerprint density at radius 1 is 0.938 bits per heavy atom. The van der Waals surface area contributed by atoms with Gasteiger partial charge in [0.05, 0.1) is 0 Å². The SMILES string of the molecule is CC1CCC(C)N(C2CCCCCC2N)C1. The number of rotatable bonds is 1. The Hall–Kier alpha value is -0.0800. The van der Waals surface area contributed by atoms with E-state index in [1.165, 1.54) is 51.5 Å². The normalized spacial score (nSPS) is 42.9. The molecule has 94 valence electrons. The van der Waals surface area contributed by atoms with Gasteiger partial charge in [-0.05, 0) is 38.5 Å². The average molecular weight is 224 g/mol. The number of hydrogen-bond acceptors (Lipinski definition) is 2. The first-order chi connectivity index (χ1) is 7.68. The Bertz CT molecular complexity index is 217. The predicted octanol–water partition coefficient (Wildman–Crippen LogP) is 2.77. The van der Waals surface area contributed by atoms with Crippen LogP contribution in [0, 0.1) is 5.92 Å². The van der Waals surface area contributed by atoms with Crippen molar-refractivity contribution in [3.05, 3.63) is 0 Å². The summed E-state index contributed by atoms with van der Waals surface area (Å²) in [4.78, 5) is 2.73. The van der Waals surface area contributed by atoms with E-state index < -0.39 is 0 Å². The third-order valence-corrected chi connectivity index (χ3v) is 4.62. The number of likely N-dealkylation sites (tertiary alicyclic amines) is 1. The van der Waals surface area contributed by atoms with Gasteiger partial charge in [0.15, 0.2) is 0 Å². The molecular formula is C14H28N2. The molecule has 16 heavy (non-hydrogen) atoms. The van der Waals surface area contributed by atoms with E-state index in [4.69, 9.17) is 5.73 Å². The molecular weight excluding hydrogens is 196 g/mol. The van der Waals surface area contributed by atoms with Crippen LogP contribution >= 0.6 is 0 Å². The maximum absolute atomic E-state index is 6.38. The van der Waals surface area contributed by atoms with Gasteiger partial charge in [-0.2, -0.15) is 0 Å². The lowest BCUT2D eigenvalue weighted by Gasteiger charge is -2.44. The molecule has 2 rings (SSSR count). The largest absolute Gasteiger partial charge is 0.326 e. The highest BCUT2D eigenvalue weighted by atomic mass is 15.2. The Kier molecular flexibility index (Phi) is 4.26. The summed E-state index contributed by atoms with van der Waals surface area (Å²) in [7, 11) is 0. The monoisotopic (exact) mass is 224 g/mol. The molecule has 0 aromatic heterocycles. The lowest BCUT2D eigenvalue weighted by Crippen LogP contribution is -2.54. The zero-order chi connectivity index (χ0) is 11.5. The van der Waals surface area contributed by atoms with Gasteiger partial charge in [-0.25, -0.2) is 0 Å². The van der Waals surface area contributed by atoms with Crippen molar-refractivity contribution in [2.75, 3.05) is 6.54 Å². The molecule has 2 fully saturated rings. The zero-order valence-corrected chi connectivity index (χ0v) is 11.0. The molecule has 2 N–H and O–H groups in total. The first kappa shape index (κ1) is 12.4. The Labute approximate surface area is 101 Å². The molecule has 0 aromatic carbocycles. The number of hydrogen-bond donors (Lipinski definition) is 1. The summed E-state index contributed by atoms with van der Waals surface area (Å²) in [6.07, 6.45) is 9.46. The molecule has 0 bridgehead atoms. The molecule has 1 saturated heterocycles. The Morgan fingerprint density at radius 2 is 1.69 bits per heavy atom. The van der Waals surface area contributed by atoms with Gasteiger partial charge in [-0.1, -0.05) is 26.2 Å². The van der Waals surface area contributed by atoms with E-state index >= 15 is 0 Å². The molecule has 1 aliphatic heterocycles. The molecule has 1 aliphatic carbocycles. The first-order valence-corrected chi connectivity index (χ1v) is 7.20. The van der Waals surface area contributed by atoms with Crippen molar-refractivity contribution in [2.45, 2.75) is 76.9 Å². The van der Waals surface area contributed by atoms with Crippen LogP contribution in [-0.2, 0) is 0 Å². The van der Waals surface area contributed by atoms with Gasteiger partial charge in [0.2, 0.25) is 0 Å². The van der Waals surface area contributed by atoms with Crippen LogP contribution in [0.4, 0.5) is 0 Å². The smallest absolute Gasteiger partial charge is 0.0250 e. The highest BCUT2D eigenvalue weighted by Crippen LogP contribution is 2.29. The fraction of sp³-hybridized carbons (Fsp3) is 1.00. The second kappa shape index (κ2) is 5.50. The van der Waals surface area contributed by atoms with E-state index in [0.29, 0.717) is 12.1 Å². The molecule has 4 atom stereocenters. The van der Waals surface area contributed by atoms with Crippen LogP contribution in [0.5, 0.6) is 0 Å². The number of nitrogens with two attached hydrogens (primary N) is 1. The molecule has 1 saturated carbocycles. The quantitative estimate of drug-likeness (QED) is 0.694. The summed E-state index contributed by atoms with van der Waals surface area (Å²) < 4.78 is 0. The maximum Gasteiger partial charge on any atom is 0.0250 e. The van der Waals surface area contributed by atoms with Crippen molar-refractivity contribution >= 4 is 0 Å². The molecule has 2 nitrogen and oxygen atoms in total. The van der Waals surface area contributed by atoms with E-state index in [1.54, 1.807) is 0 Å². The second-order valence-corrected chi connectivity index (χ2v) is 6.10. The zero-order valence-electron chi connectivity index (χ0n) is 11.0. The molecule has 2 aliphatic rings. The lowest BCUT2D eigenvalue weighted by molar-refractivity contribution is 0.0604.